The van der Waals surface area contributed by atoms with Crippen LogP contribution in [0.25, 0.3) is 0 Å². The van der Waals surface area contributed by atoms with Crippen molar-refractivity contribution in [3.8, 4) is 0 Å². The van der Waals surface area contributed by atoms with E-state index >= 15 is 0 Å². The maximum atomic E-state index is 12.9. The predicted octanol–water partition coefficient (Wildman–Crippen LogP) is -2.74. The topological polar surface area (TPSA) is 316 Å². The number of carboxylic acids is 3. The number of unbranched alkanes of at least 4 members (excludes halogenated alkanes) is 1. The van der Waals surface area contributed by atoms with Gasteiger partial charge in [0.25, 0.3) is 5.97 Å². The van der Waals surface area contributed by atoms with E-state index in [1.807, 2.05) is 0 Å². The molecule has 0 aliphatic rings. The van der Waals surface area contributed by atoms with E-state index in [9.17, 15) is 34.2 Å². The fraction of sp³-hybridized carbons (Fsp3) is 0.696. The molecule has 17 heteroatoms. The van der Waals surface area contributed by atoms with E-state index in [1.165, 1.54) is 0 Å². The number of nitrogens with one attached hydrogen (secondary N) is 3. The molecule has 0 spiro atoms. The van der Waals surface area contributed by atoms with Gasteiger partial charge in [-0.15, -0.1) is 0 Å². The highest BCUT2D eigenvalue weighted by molar-refractivity contribution is 5.95. The third-order valence-electron chi connectivity index (χ3n) is 5.13. The Kier molecular flexibility index (Phi) is 19.9. The third-order valence-corrected chi connectivity index (χ3v) is 5.13. The van der Waals surface area contributed by atoms with Crippen molar-refractivity contribution in [1.29, 1.82) is 0 Å². The number of aliphatic carboxylic acids is 3. The molecule has 0 aliphatic heterocycles. The lowest BCUT2D eigenvalue weighted by Crippen LogP contribution is -2.58. The largest absolute Gasteiger partial charge is 0.481 e. The van der Waals surface area contributed by atoms with Crippen molar-refractivity contribution >= 4 is 41.6 Å². The van der Waals surface area contributed by atoms with E-state index in [-0.39, 0.29) is 25.3 Å². The van der Waals surface area contributed by atoms with E-state index < -0.39 is 72.1 Å². The summed E-state index contributed by atoms with van der Waals surface area (Å²) < 4.78 is 0. The highest BCUT2D eigenvalue weighted by Gasteiger charge is 2.32. The molecule has 0 saturated carbocycles. The van der Waals surface area contributed by atoms with E-state index in [4.69, 9.17) is 32.8 Å². The molecule has 0 fully saturated rings. The van der Waals surface area contributed by atoms with Crippen molar-refractivity contribution in [1.82, 2.24) is 16.0 Å². The van der Waals surface area contributed by atoms with Gasteiger partial charge in [-0.3, -0.25) is 29.0 Å². The second-order valence-corrected chi connectivity index (χ2v) is 9.15. The van der Waals surface area contributed by atoms with Crippen molar-refractivity contribution < 1.29 is 44.1 Å². The maximum absolute atomic E-state index is 12.9. The molecule has 0 saturated heterocycles. The monoisotopic (exact) mass is 576 g/mol. The molecule has 230 valence electrons. The van der Waals surface area contributed by atoms with Crippen molar-refractivity contribution in [2.75, 3.05) is 13.1 Å². The molecule has 0 aromatic rings. The number of carboxylic acid groups (broad SMARTS) is 3. The quantitative estimate of drug-likeness (QED) is 0.0450. The van der Waals surface area contributed by atoms with Crippen LogP contribution in [0.2, 0.25) is 0 Å². The van der Waals surface area contributed by atoms with Gasteiger partial charge in [-0.2, -0.15) is 0 Å². The summed E-state index contributed by atoms with van der Waals surface area (Å²) >= 11 is 0. The summed E-state index contributed by atoms with van der Waals surface area (Å²) in [5.41, 5.74) is 21.9. The van der Waals surface area contributed by atoms with Crippen LogP contribution in [-0.4, -0.2) is 94.2 Å². The minimum atomic E-state index is -1.57. The van der Waals surface area contributed by atoms with Crippen LogP contribution in [0.15, 0.2) is 4.99 Å². The molecular weight excluding hydrogens is 532 g/mol. The van der Waals surface area contributed by atoms with Crippen LogP contribution >= 0.6 is 0 Å². The van der Waals surface area contributed by atoms with Crippen molar-refractivity contribution in [3.05, 3.63) is 0 Å². The number of nitrogens with zero attached hydrogens (tertiary/aromatic N) is 1. The molecule has 0 bridgehead atoms. The number of hydrogen-bond acceptors (Lipinski definition) is 9. The second kappa shape index (κ2) is 20.9. The molecule has 0 radical (unpaired) electrons. The van der Waals surface area contributed by atoms with Crippen LogP contribution in [0.5, 0.6) is 0 Å². The first-order valence-electron chi connectivity index (χ1n) is 12.6. The van der Waals surface area contributed by atoms with E-state index in [1.54, 1.807) is 13.8 Å². The van der Waals surface area contributed by atoms with Crippen molar-refractivity contribution in [2.24, 2.45) is 33.8 Å². The van der Waals surface area contributed by atoms with Gasteiger partial charge in [-0.25, -0.2) is 4.79 Å². The number of rotatable bonds is 18. The SMILES string of the molecule is CC(=O)O.CC(C)[C@H](NC(=O)[C@H](CC(=O)O)NC(=O)[C@H](CCCCN)NC(=O)[C@@H](N)CCCN=C(N)N)C(=O)O. The van der Waals surface area contributed by atoms with Crippen LogP contribution in [-0.2, 0) is 28.8 Å². The van der Waals surface area contributed by atoms with Gasteiger partial charge in [0, 0.05) is 13.5 Å². The van der Waals surface area contributed by atoms with E-state index in [0.29, 0.717) is 25.8 Å². The lowest BCUT2D eigenvalue weighted by atomic mass is 10.0. The Hall–Kier alpha value is -3.99. The van der Waals surface area contributed by atoms with Crippen LogP contribution in [0, 0.1) is 5.92 Å². The first-order chi connectivity index (χ1) is 18.5. The number of nitrogens with two attached hydrogens (primary N) is 4. The van der Waals surface area contributed by atoms with Crippen LogP contribution in [0.3, 0.4) is 0 Å². The zero-order valence-corrected chi connectivity index (χ0v) is 23.1. The minimum absolute atomic E-state index is 0.0901. The summed E-state index contributed by atoms with van der Waals surface area (Å²) in [6.45, 7) is 4.83. The number of amides is 3. The molecule has 17 nitrogen and oxygen atoms in total. The average molecular weight is 577 g/mol. The van der Waals surface area contributed by atoms with Gasteiger partial charge >= 0.3 is 11.9 Å². The summed E-state index contributed by atoms with van der Waals surface area (Å²) in [5.74, 6) is -6.53. The molecule has 0 aromatic carbocycles. The van der Waals surface area contributed by atoms with Crippen LogP contribution < -0.4 is 38.9 Å². The minimum Gasteiger partial charge on any atom is -0.481 e. The second-order valence-electron chi connectivity index (χ2n) is 9.15. The third kappa shape index (κ3) is 19.1. The van der Waals surface area contributed by atoms with Gasteiger partial charge in [-0.05, 0) is 44.6 Å². The Morgan fingerprint density at radius 3 is 1.77 bits per heavy atom. The summed E-state index contributed by atoms with van der Waals surface area (Å²) in [5, 5.41) is 33.0. The summed E-state index contributed by atoms with van der Waals surface area (Å²) in [6.07, 6.45) is 1.01. The Labute approximate surface area is 232 Å². The summed E-state index contributed by atoms with van der Waals surface area (Å²) in [7, 11) is 0. The predicted molar refractivity (Wildman–Crippen MR) is 145 cm³/mol. The van der Waals surface area contributed by atoms with E-state index in [0.717, 1.165) is 6.92 Å². The average Bonchev–Trinajstić information content (AvgIpc) is 2.82. The molecule has 0 aliphatic carbocycles. The normalized spacial score (nSPS) is 13.3. The first-order valence-corrected chi connectivity index (χ1v) is 12.6. The fourth-order valence-corrected chi connectivity index (χ4v) is 3.11. The Bertz CT molecular complexity index is 874. The van der Waals surface area contributed by atoms with Gasteiger partial charge in [0.15, 0.2) is 5.96 Å². The van der Waals surface area contributed by atoms with Crippen LogP contribution in [0.1, 0.15) is 59.3 Å². The molecule has 0 aromatic heterocycles. The van der Waals surface area contributed by atoms with Crippen molar-refractivity contribution in [3.63, 3.8) is 0 Å². The maximum Gasteiger partial charge on any atom is 0.326 e. The Morgan fingerprint density at radius 2 is 1.32 bits per heavy atom. The number of guanidine groups is 1. The lowest BCUT2D eigenvalue weighted by molar-refractivity contribution is -0.144. The molecule has 0 heterocycles. The highest BCUT2D eigenvalue weighted by atomic mass is 16.4. The number of carbonyl (C=O) groups excluding carboxylic acids is 3. The van der Waals surface area contributed by atoms with Gasteiger partial charge in [-0.1, -0.05) is 13.8 Å². The van der Waals surface area contributed by atoms with Gasteiger partial charge in [0.2, 0.25) is 17.7 Å². The first kappa shape index (κ1) is 38.2. The van der Waals surface area contributed by atoms with Crippen molar-refractivity contribution in [2.45, 2.75) is 83.5 Å². The zero-order chi connectivity index (χ0) is 31.4. The Balaban J connectivity index is 0. The van der Waals surface area contributed by atoms with Gasteiger partial charge in [0.1, 0.15) is 18.1 Å². The molecule has 4 atom stereocenters. The standard InChI is InChI=1S/C21H40N8O7.C2H4O2/c1-11(2)16(20(35)36)29-19(34)14(10-15(30)31)28-18(33)13(7-3-4-8-22)27-17(32)12(23)6-5-9-26-21(24)25;1-2(3)4/h11-14,16H,3-10,22-23H2,1-2H3,(H,27,32)(H,28,33)(H,29,34)(H,30,31)(H,35,36)(H4,24,25,26);1H3,(H,3,4)/t12-,13-,14-,16-;/m0./s1. The molecule has 0 unspecified atom stereocenters. The summed E-state index contributed by atoms with van der Waals surface area (Å²) in [4.78, 5) is 73.6. The van der Waals surface area contributed by atoms with E-state index in [2.05, 4.69) is 20.9 Å². The molecule has 0 rings (SSSR count). The van der Waals surface area contributed by atoms with Gasteiger partial charge < -0.3 is 54.2 Å². The number of carbonyl (C=O) groups is 6. The van der Waals surface area contributed by atoms with Gasteiger partial charge in [0.05, 0.1) is 12.5 Å². The molecule has 40 heavy (non-hydrogen) atoms. The molecular formula is C23H44N8O9. The number of hydrogen-bond donors (Lipinski definition) is 10. The Morgan fingerprint density at radius 1 is 0.800 bits per heavy atom. The highest BCUT2D eigenvalue weighted by Crippen LogP contribution is 2.07. The fourth-order valence-electron chi connectivity index (χ4n) is 3.11. The number of aliphatic imine (C=N–C) groups is 1. The smallest absolute Gasteiger partial charge is 0.326 e. The van der Waals surface area contributed by atoms with Crippen LogP contribution in [0.4, 0.5) is 0 Å². The zero-order valence-electron chi connectivity index (χ0n) is 23.1. The molecule has 14 N–H and O–H groups in total. The summed E-state index contributed by atoms with van der Waals surface area (Å²) in [6, 6.07) is -4.96. The molecule has 3 amide bonds. The lowest BCUT2D eigenvalue weighted by Gasteiger charge is -2.25.